The second kappa shape index (κ2) is 13.7. The highest BCUT2D eigenvalue weighted by molar-refractivity contribution is 6.30. The van der Waals surface area contributed by atoms with E-state index in [0.29, 0.717) is 18.7 Å². The van der Waals surface area contributed by atoms with Gasteiger partial charge in [-0.3, -0.25) is 4.79 Å². The van der Waals surface area contributed by atoms with Gasteiger partial charge in [-0.1, -0.05) is 28.9 Å². The Morgan fingerprint density at radius 1 is 1.18 bits per heavy atom. The molecule has 0 aliphatic rings. The van der Waals surface area contributed by atoms with Crippen molar-refractivity contribution in [3.63, 3.8) is 0 Å². The van der Waals surface area contributed by atoms with Crippen LogP contribution in [0, 0.1) is 16.5 Å². The van der Waals surface area contributed by atoms with E-state index in [1.165, 1.54) is 36.4 Å². The van der Waals surface area contributed by atoms with Crippen molar-refractivity contribution < 1.29 is 18.3 Å². The van der Waals surface area contributed by atoms with Crippen LogP contribution in [0.4, 0.5) is 8.78 Å². The summed E-state index contributed by atoms with van der Waals surface area (Å²) in [7, 11) is 1.65. The zero-order valence-corrected chi connectivity index (χ0v) is 19.9. The Balaban J connectivity index is 2.22. The van der Waals surface area contributed by atoms with E-state index < -0.39 is 29.7 Å². The molecule has 34 heavy (non-hydrogen) atoms. The van der Waals surface area contributed by atoms with Gasteiger partial charge in [-0.25, -0.2) is 8.78 Å². The molecule has 0 bridgehead atoms. The summed E-state index contributed by atoms with van der Waals surface area (Å²) in [5.41, 5.74) is 0.559. The van der Waals surface area contributed by atoms with Crippen molar-refractivity contribution in [2.75, 3.05) is 20.2 Å². The van der Waals surface area contributed by atoms with Crippen molar-refractivity contribution >= 4 is 23.5 Å². The molecule has 0 saturated heterocycles. The SMILES string of the molecule is CCOC(C)CN/C(=N/C(=O)c1ccc(Cl)c(F)c1)NC(CC(N=O)c1ccc(F)cc1)NC. The first-order chi connectivity index (χ1) is 16.3. The fraction of sp³-hybridized carbons (Fsp3) is 0.391. The van der Waals surface area contributed by atoms with Gasteiger partial charge in [-0.15, -0.1) is 0 Å². The first kappa shape index (κ1) is 27.3. The molecule has 3 unspecified atom stereocenters. The molecule has 3 N–H and O–H groups in total. The summed E-state index contributed by atoms with van der Waals surface area (Å²) in [6, 6.07) is 8.35. The summed E-state index contributed by atoms with van der Waals surface area (Å²) in [5.74, 6) is -1.76. The molecule has 2 aromatic rings. The third kappa shape index (κ3) is 8.44. The van der Waals surface area contributed by atoms with Gasteiger partial charge in [0.05, 0.1) is 17.3 Å². The summed E-state index contributed by atoms with van der Waals surface area (Å²) in [6.45, 7) is 4.54. The monoisotopic (exact) mass is 495 g/mol. The van der Waals surface area contributed by atoms with Crippen LogP contribution in [-0.4, -0.2) is 44.3 Å². The number of hydrogen-bond donors (Lipinski definition) is 3. The van der Waals surface area contributed by atoms with E-state index in [9.17, 15) is 18.5 Å². The first-order valence-electron chi connectivity index (χ1n) is 10.7. The average molecular weight is 496 g/mol. The molecule has 2 aromatic carbocycles. The third-order valence-corrected chi connectivity index (χ3v) is 5.19. The smallest absolute Gasteiger partial charge is 0.280 e. The zero-order valence-electron chi connectivity index (χ0n) is 19.1. The van der Waals surface area contributed by atoms with Gasteiger partial charge in [-0.05, 0) is 56.8 Å². The van der Waals surface area contributed by atoms with Crippen molar-refractivity contribution in [2.24, 2.45) is 10.2 Å². The van der Waals surface area contributed by atoms with Gasteiger partial charge in [0.25, 0.3) is 5.91 Å². The van der Waals surface area contributed by atoms with E-state index in [1.54, 1.807) is 7.05 Å². The summed E-state index contributed by atoms with van der Waals surface area (Å²) in [6.07, 6.45) is -0.551. The molecule has 3 atom stereocenters. The van der Waals surface area contributed by atoms with Crippen molar-refractivity contribution in [1.82, 2.24) is 16.0 Å². The van der Waals surface area contributed by atoms with Crippen molar-refractivity contribution in [3.05, 3.63) is 75.2 Å². The number of amides is 1. The number of carbonyl (C=O) groups excluding carboxylic acids is 1. The second-order valence-corrected chi connectivity index (χ2v) is 7.84. The fourth-order valence-electron chi connectivity index (χ4n) is 3.06. The molecule has 184 valence electrons. The molecule has 0 aromatic heterocycles. The van der Waals surface area contributed by atoms with E-state index >= 15 is 0 Å². The van der Waals surface area contributed by atoms with Gasteiger partial charge in [0, 0.05) is 25.1 Å². The highest BCUT2D eigenvalue weighted by atomic mass is 35.5. The molecule has 0 saturated carbocycles. The topological polar surface area (TPSA) is 104 Å². The maximum absolute atomic E-state index is 13.8. The van der Waals surface area contributed by atoms with Crippen LogP contribution in [0.15, 0.2) is 52.6 Å². The largest absolute Gasteiger partial charge is 0.377 e. The van der Waals surface area contributed by atoms with Crippen LogP contribution in [0.1, 0.15) is 42.2 Å². The maximum atomic E-state index is 13.8. The van der Waals surface area contributed by atoms with Gasteiger partial charge in [0.1, 0.15) is 17.7 Å². The molecular formula is C23H28ClF2N5O3. The Hall–Kier alpha value is -2.95. The number of rotatable bonds is 11. The molecule has 0 spiro atoms. The Morgan fingerprint density at radius 3 is 2.47 bits per heavy atom. The molecule has 1 amide bonds. The van der Waals surface area contributed by atoms with Gasteiger partial charge in [-0.2, -0.15) is 9.90 Å². The van der Waals surface area contributed by atoms with Crippen LogP contribution in [0.2, 0.25) is 5.02 Å². The number of ether oxygens (including phenoxy) is 1. The zero-order chi connectivity index (χ0) is 25.1. The summed E-state index contributed by atoms with van der Waals surface area (Å²) in [5, 5.41) is 12.1. The minimum Gasteiger partial charge on any atom is -0.377 e. The van der Waals surface area contributed by atoms with E-state index in [2.05, 4.69) is 26.1 Å². The molecule has 0 aliphatic heterocycles. The summed E-state index contributed by atoms with van der Waals surface area (Å²) < 4.78 is 32.5. The van der Waals surface area contributed by atoms with E-state index in [-0.39, 0.29) is 29.1 Å². The standard InChI is InChI=1S/C23H28ClF2N5O3/c1-4-34-14(2)13-28-23(30-22(32)16-7-10-18(24)19(26)11-16)29-21(27-3)12-20(31-33)15-5-8-17(25)9-6-15/h5-11,14,20-21,27H,4,12-13H2,1-3H3,(H2,28,29,30,32). The minimum absolute atomic E-state index is 0.0145. The van der Waals surface area contributed by atoms with Gasteiger partial charge in [0.15, 0.2) is 0 Å². The number of guanidine groups is 1. The predicted octanol–water partition coefficient (Wildman–Crippen LogP) is 4.16. The van der Waals surface area contributed by atoms with E-state index in [1.807, 2.05) is 13.8 Å². The molecule has 8 nitrogen and oxygen atoms in total. The highest BCUT2D eigenvalue weighted by Crippen LogP contribution is 2.22. The van der Waals surface area contributed by atoms with Crippen molar-refractivity contribution in [1.29, 1.82) is 0 Å². The van der Waals surface area contributed by atoms with Crippen LogP contribution in [0.25, 0.3) is 0 Å². The number of nitrogens with zero attached hydrogens (tertiary/aromatic N) is 2. The highest BCUT2D eigenvalue weighted by Gasteiger charge is 2.20. The van der Waals surface area contributed by atoms with Crippen LogP contribution < -0.4 is 16.0 Å². The van der Waals surface area contributed by atoms with Gasteiger partial charge >= 0.3 is 0 Å². The lowest BCUT2D eigenvalue weighted by Crippen LogP contribution is -2.51. The van der Waals surface area contributed by atoms with Crippen LogP contribution in [0.5, 0.6) is 0 Å². The van der Waals surface area contributed by atoms with Crippen LogP contribution in [0.3, 0.4) is 0 Å². The molecule has 0 radical (unpaired) electrons. The number of hydrogen-bond acceptors (Lipinski definition) is 5. The lowest BCUT2D eigenvalue weighted by Gasteiger charge is -2.24. The van der Waals surface area contributed by atoms with Crippen molar-refractivity contribution in [2.45, 2.75) is 38.6 Å². The molecular weight excluding hydrogens is 468 g/mol. The normalized spacial score (nSPS) is 14.2. The molecule has 2 rings (SSSR count). The number of aliphatic imine (C=N–C) groups is 1. The lowest BCUT2D eigenvalue weighted by molar-refractivity contribution is 0.0791. The quantitative estimate of drug-likeness (QED) is 0.187. The predicted molar refractivity (Wildman–Crippen MR) is 128 cm³/mol. The Morgan fingerprint density at radius 2 is 1.88 bits per heavy atom. The number of carbonyl (C=O) groups is 1. The number of benzene rings is 2. The van der Waals surface area contributed by atoms with E-state index in [4.69, 9.17) is 16.3 Å². The van der Waals surface area contributed by atoms with Gasteiger partial charge in [0.2, 0.25) is 5.96 Å². The summed E-state index contributed by atoms with van der Waals surface area (Å²) >= 11 is 5.69. The van der Waals surface area contributed by atoms with Crippen LogP contribution in [-0.2, 0) is 4.74 Å². The maximum Gasteiger partial charge on any atom is 0.280 e. The number of nitrogens with one attached hydrogen (secondary N) is 3. The van der Waals surface area contributed by atoms with Crippen LogP contribution >= 0.6 is 11.6 Å². The lowest BCUT2D eigenvalue weighted by atomic mass is 10.0. The Kier molecular flexibility index (Phi) is 11.0. The molecule has 0 fully saturated rings. The number of nitroso groups, excluding NO2 is 1. The second-order valence-electron chi connectivity index (χ2n) is 7.44. The average Bonchev–Trinajstić information content (AvgIpc) is 2.82. The summed E-state index contributed by atoms with van der Waals surface area (Å²) in [4.78, 5) is 28.2. The minimum atomic E-state index is -0.782. The molecule has 11 heteroatoms. The third-order valence-electron chi connectivity index (χ3n) is 4.89. The van der Waals surface area contributed by atoms with Gasteiger partial charge < -0.3 is 20.7 Å². The Labute approximate surface area is 202 Å². The van der Waals surface area contributed by atoms with Crippen molar-refractivity contribution in [3.8, 4) is 0 Å². The molecule has 0 aliphatic carbocycles. The molecule has 0 heterocycles. The first-order valence-corrected chi connectivity index (χ1v) is 11.1. The Bertz CT molecular complexity index is 991. The fourth-order valence-corrected chi connectivity index (χ4v) is 3.18. The number of halogens is 3. The van der Waals surface area contributed by atoms with E-state index in [0.717, 1.165) is 6.07 Å².